The monoisotopic (exact) mass is 494 g/mol. The molecule has 186 valence electrons. The molecule has 3 heterocycles. The average Bonchev–Trinajstić information content (AvgIpc) is 3.20. The van der Waals surface area contributed by atoms with E-state index >= 15 is 0 Å². The number of pyridine rings is 1. The van der Waals surface area contributed by atoms with Crippen LogP contribution in [0, 0.1) is 35.9 Å². The molecule has 6 nitrogen and oxygen atoms in total. The summed E-state index contributed by atoms with van der Waals surface area (Å²) in [5.41, 5.74) is 3.45. The van der Waals surface area contributed by atoms with E-state index in [2.05, 4.69) is 39.1 Å². The van der Waals surface area contributed by atoms with Crippen molar-refractivity contribution < 1.29 is 14.3 Å². The molecule has 0 bridgehead atoms. The summed E-state index contributed by atoms with van der Waals surface area (Å²) in [6, 6.07) is 16.0. The molecule has 0 spiro atoms. The minimum absolute atomic E-state index is 0.0734. The van der Waals surface area contributed by atoms with Gasteiger partial charge in [-0.1, -0.05) is 30.0 Å². The van der Waals surface area contributed by atoms with Crippen molar-refractivity contribution in [3.05, 3.63) is 94.7 Å². The van der Waals surface area contributed by atoms with Crippen LogP contribution in [0.4, 0.5) is 4.39 Å². The first-order valence-corrected chi connectivity index (χ1v) is 12.4. The molecule has 37 heavy (non-hydrogen) atoms. The maximum atomic E-state index is 14.2. The third-order valence-electron chi connectivity index (χ3n) is 7.40. The van der Waals surface area contributed by atoms with Crippen LogP contribution >= 0.6 is 0 Å². The van der Waals surface area contributed by atoms with E-state index < -0.39 is 17.8 Å². The summed E-state index contributed by atoms with van der Waals surface area (Å²) in [5, 5.41) is 14.5. The fraction of sp³-hybridized carbons (Fsp3) is 0.267. The molecule has 7 heteroatoms. The predicted molar refractivity (Wildman–Crippen MR) is 140 cm³/mol. The average molecular weight is 495 g/mol. The zero-order chi connectivity index (χ0) is 25.7. The molecular weight excluding hydrogens is 467 g/mol. The Hall–Kier alpha value is -4.15. The fourth-order valence-electron chi connectivity index (χ4n) is 5.52. The Morgan fingerprint density at radius 1 is 1.24 bits per heavy atom. The van der Waals surface area contributed by atoms with Crippen LogP contribution in [0.5, 0.6) is 5.75 Å². The first kappa shape index (κ1) is 23.3. The molecule has 1 saturated heterocycles. The molecule has 1 aliphatic heterocycles. The number of carbonyl (C=O) groups excluding carboxylic acids is 1. The van der Waals surface area contributed by atoms with Crippen molar-refractivity contribution in [2.45, 2.75) is 19.4 Å². The number of likely N-dealkylation sites (tertiary alicyclic amines) is 1. The van der Waals surface area contributed by atoms with Gasteiger partial charge in [0.15, 0.2) is 0 Å². The van der Waals surface area contributed by atoms with Gasteiger partial charge in [-0.25, -0.2) is 9.37 Å². The van der Waals surface area contributed by atoms with Gasteiger partial charge in [-0.05, 0) is 74.2 Å². The maximum absolute atomic E-state index is 14.2. The van der Waals surface area contributed by atoms with Gasteiger partial charge < -0.3 is 20.3 Å². The lowest BCUT2D eigenvalue weighted by Gasteiger charge is -2.19. The number of phenols is 1. The Morgan fingerprint density at radius 3 is 2.86 bits per heavy atom. The lowest BCUT2D eigenvalue weighted by molar-refractivity contribution is 0.0936. The zero-order valence-corrected chi connectivity index (χ0v) is 20.7. The van der Waals surface area contributed by atoms with E-state index in [-0.39, 0.29) is 22.4 Å². The second-order valence-corrected chi connectivity index (χ2v) is 10.3. The van der Waals surface area contributed by atoms with Crippen LogP contribution in [0.25, 0.3) is 10.9 Å². The number of aromatic hydroxyl groups is 1. The summed E-state index contributed by atoms with van der Waals surface area (Å²) in [5.74, 6) is 6.31. The predicted octanol–water partition coefficient (Wildman–Crippen LogP) is 4.54. The van der Waals surface area contributed by atoms with Crippen LogP contribution in [-0.4, -0.2) is 46.0 Å². The Bertz CT molecular complexity index is 1570. The topological polar surface area (TPSA) is 81.2 Å². The number of halogens is 1. The Morgan fingerprint density at radius 2 is 2.08 bits per heavy atom. The second-order valence-electron chi connectivity index (χ2n) is 10.3. The molecule has 2 fully saturated rings. The molecule has 0 radical (unpaired) electrons. The Balaban J connectivity index is 1.33. The summed E-state index contributed by atoms with van der Waals surface area (Å²) in [6.45, 7) is 3.89. The highest BCUT2D eigenvalue weighted by Crippen LogP contribution is 2.56. The van der Waals surface area contributed by atoms with Gasteiger partial charge in [-0.15, -0.1) is 0 Å². The molecule has 1 saturated carbocycles. The summed E-state index contributed by atoms with van der Waals surface area (Å²) in [6.07, 6.45) is 1.13. The number of carbonyl (C=O) groups is 1. The van der Waals surface area contributed by atoms with Crippen LogP contribution in [0.2, 0.25) is 0 Å². The van der Waals surface area contributed by atoms with E-state index in [9.17, 15) is 14.3 Å². The minimum atomic E-state index is -0.826. The molecule has 1 unspecified atom stereocenters. The summed E-state index contributed by atoms with van der Waals surface area (Å²) < 4.78 is 14.2. The van der Waals surface area contributed by atoms with E-state index in [1.165, 1.54) is 18.2 Å². The number of hydrogen-bond acceptors (Lipinski definition) is 4. The first-order chi connectivity index (χ1) is 17.8. The van der Waals surface area contributed by atoms with Crippen molar-refractivity contribution in [2.75, 3.05) is 20.1 Å². The summed E-state index contributed by atoms with van der Waals surface area (Å²) in [7, 11) is 2.12. The third-order valence-corrected chi connectivity index (χ3v) is 7.40. The first-order valence-electron chi connectivity index (χ1n) is 12.4. The maximum Gasteiger partial charge on any atom is 0.270 e. The van der Waals surface area contributed by atoms with Crippen LogP contribution in [0.1, 0.15) is 45.5 Å². The number of aromatic amines is 1. The quantitative estimate of drug-likeness (QED) is 0.364. The van der Waals surface area contributed by atoms with E-state index in [1.807, 2.05) is 43.3 Å². The number of benzene rings is 2. The highest BCUT2D eigenvalue weighted by Gasteiger charge is 2.58. The van der Waals surface area contributed by atoms with Gasteiger partial charge in [0.25, 0.3) is 5.91 Å². The number of para-hydroxylation sites is 1. The molecule has 2 aliphatic rings. The molecule has 2 aromatic heterocycles. The van der Waals surface area contributed by atoms with Gasteiger partial charge in [-0.3, -0.25) is 4.79 Å². The minimum Gasteiger partial charge on any atom is -0.508 e. The van der Waals surface area contributed by atoms with Gasteiger partial charge in [0.05, 0.1) is 6.04 Å². The van der Waals surface area contributed by atoms with Gasteiger partial charge in [0.1, 0.15) is 17.3 Å². The largest absolute Gasteiger partial charge is 0.508 e. The number of hydrogen-bond donors (Lipinski definition) is 3. The highest BCUT2D eigenvalue weighted by molar-refractivity contribution is 5.93. The van der Waals surface area contributed by atoms with Crippen LogP contribution in [0.3, 0.4) is 0 Å². The smallest absolute Gasteiger partial charge is 0.270 e. The van der Waals surface area contributed by atoms with E-state index in [0.29, 0.717) is 17.3 Å². The summed E-state index contributed by atoms with van der Waals surface area (Å²) >= 11 is 0. The van der Waals surface area contributed by atoms with Gasteiger partial charge in [0.2, 0.25) is 0 Å². The molecule has 3 atom stereocenters. The Labute approximate surface area is 214 Å². The number of piperidine rings is 1. The van der Waals surface area contributed by atoms with E-state index in [0.717, 1.165) is 36.0 Å². The van der Waals surface area contributed by atoms with Crippen molar-refractivity contribution in [1.82, 2.24) is 20.2 Å². The number of phenolic OH excluding ortho intramolecular Hbond substituents is 1. The van der Waals surface area contributed by atoms with Crippen molar-refractivity contribution in [3.63, 3.8) is 0 Å². The van der Waals surface area contributed by atoms with Crippen LogP contribution in [0.15, 0.2) is 60.7 Å². The van der Waals surface area contributed by atoms with Crippen molar-refractivity contribution in [2.24, 2.45) is 11.3 Å². The van der Waals surface area contributed by atoms with Crippen LogP contribution in [-0.2, 0) is 0 Å². The molecule has 1 amide bonds. The second kappa shape index (κ2) is 8.75. The molecule has 3 N–H and O–H groups in total. The molecule has 2 aromatic carbocycles. The highest BCUT2D eigenvalue weighted by atomic mass is 19.1. The number of fused-ring (bicyclic) bond motifs is 2. The Kier molecular flexibility index (Phi) is 5.50. The van der Waals surface area contributed by atoms with Gasteiger partial charge >= 0.3 is 0 Å². The van der Waals surface area contributed by atoms with Gasteiger partial charge in [0, 0.05) is 46.5 Å². The van der Waals surface area contributed by atoms with E-state index in [4.69, 9.17) is 0 Å². The molecule has 1 aliphatic carbocycles. The summed E-state index contributed by atoms with van der Waals surface area (Å²) in [4.78, 5) is 23.5. The fourth-order valence-corrected chi connectivity index (χ4v) is 5.52. The number of H-pyrrole nitrogens is 1. The number of rotatable bonds is 4. The van der Waals surface area contributed by atoms with Crippen molar-refractivity contribution >= 4 is 16.8 Å². The molecule has 6 rings (SSSR count). The van der Waals surface area contributed by atoms with Gasteiger partial charge in [-0.2, -0.15) is 0 Å². The van der Waals surface area contributed by atoms with E-state index in [1.54, 1.807) is 6.07 Å². The standard InChI is InChI=1S/C30H27FN4O2/c1-18-11-19(9-10-30-15-21(30)16-35(2)17-30)12-26(32-18)29(37)34-28(23-14-22(31)7-8-27(23)36)25-13-20-5-3-4-6-24(20)33-25/h3-8,11-14,21,28,33,36H,15-17H2,1-2H3,(H,34,37)/t21-,28?,30+/m0/s1. The number of aromatic nitrogens is 2. The van der Waals surface area contributed by atoms with Crippen molar-refractivity contribution in [3.8, 4) is 17.6 Å². The lowest BCUT2D eigenvalue weighted by Crippen LogP contribution is -2.30. The number of nitrogens with one attached hydrogen (secondary N) is 2. The normalized spacial score (nSPS) is 21.2. The SMILES string of the molecule is Cc1cc(C#C[C@]23C[C@H]2CN(C)C3)cc(C(=O)NC(c2cc3ccccc3[nH]2)c2cc(F)ccc2O)n1. The number of amides is 1. The van der Waals surface area contributed by atoms with Crippen LogP contribution < -0.4 is 5.32 Å². The third kappa shape index (κ3) is 4.45. The molecular formula is C30H27FN4O2. The number of nitrogens with zero attached hydrogens (tertiary/aromatic N) is 2. The lowest BCUT2D eigenvalue weighted by atomic mass is 10.0. The molecule has 4 aromatic rings. The zero-order valence-electron chi connectivity index (χ0n) is 20.7. The number of aryl methyl sites for hydroxylation is 1. The van der Waals surface area contributed by atoms with Crippen molar-refractivity contribution in [1.29, 1.82) is 0 Å².